The monoisotopic (exact) mass is 236 g/mol. The lowest BCUT2D eigenvalue weighted by atomic mass is 9.89. The predicted octanol–water partition coefficient (Wildman–Crippen LogP) is 2.68. The molecular weight excluding hydrogens is 223 g/mol. The van der Waals surface area contributed by atoms with Gasteiger partial charge in [-0.05, 0) is 25.1 Å². The van der Waals surface area contributed by atoms with Crippen LogP contribution >= 0.6 is 0 Å². The molecule has 2 rings (SSSR count). The van der Waals surface area contributed by atoms with Crippen LogP contribution in [-0.4, -0.2) is 12.2 Å². The molecular formula is C13H13FO3. The van der Waals surface area contributed by atoms with Crippen LogP contribution in [0.2, 0.25) is 0 Å². The Bertz CT molecular complexity index is 503. The van der Waals surface area contributed by atoms with E-state index in [1.165, 1.54) is 38.7 Å². The lowest BCUT2D eigenvalue weighted by Gasteiger charge is -2.23. The first kappa shape index (κ1) is 11.7. The molecule has 1 aromatic heterocycles. The fourth-order valence-electron chi connectivity index (χ4n) is 1.71. The van der Waals surface area contributed by atoms with Gasteiger partial charge in [-0.3, -0.25) is 0 Å². The van der Waals surface area contributed by atoms with Crippen LogP contribution in [0.1, 0.15) is 18.1 Å². The molecule has 0 aliphatic rings. The summed E-state index contributed by atoms with van der Waals surface area (Å²) in [7, 11) is 1.46. The third kappa shape index (κ3) is 2.03. The molecule has 1 unspecified atom stereocenters. The van der Waals surface area contributed by atoms with Gasteiger partial charge < -0.3 is 14.3 Å². The standard InChI is InChI=1S/C13H13FO3/c1-13(15,9-5-6-17-8-9)11-4-3-10(16-2)7-12(11)14/h3-8,15H,1-2H3. The van der Waals surface area contributed by atoms with Gasteiger partial charge in [0.2, 0.25) is 0 Å². The number of hydrogen-bond donors (Lipinski definition) is 1. The molecule has 1 aromatic carbocycles. The van der Waals surface area contributed by atoms with E-state index in [0.29, 0.717) is 11.3 Å². The fraction of sp³-hybridized carbons (Fsp3) is 0.231. The maximum absolute atomic E-state index is 13.9. The van der Waals surface area contributed by atoms with Crippen molar-refractivity contribution in [2.24, 2.45) is 0 Å². The van der Waals surface area contributed by atoms with Crippen molar-refractivity contribution in [3.05, 3.63) is 53.7 Å². The topological polar surface area (TPSA) is 42.6 Å². The molecule has 0 saturated carbocycles. The second-order valence-electron chi connectivity index (χ2n) is 3.93. The first-order chi connectivity index (χ1) is 8.05. The van der Waals surface area contributed by atoms with E-state index < -0.39 is 11.4 Å². The van der Waals surface area contributed by atoms with Crippen LogP contribution in [-0.2, 0) is 5.60 Å². The number of hydrogen-bond acceptors (Lipinski definition) is 3. The van der Waals surface area contributed by atoms with Gasteiger partial charge in [-0.25, -0.2) is 4.39 Å². The van der Waals surface area contributed by atoms with Crippen LogP contribution in [0.5, 0.6) is 5.75 Å². The second-order valence-corrected chi connectivity index (χ2v) is 3.93. The number of rotatable bonds is 3. The molecule has 1 heterocycles. The zero-order chi connectivity index (χ0) is 12.5. The molecule has 0 saturated heterocycles. The minimum atomic E-state index is -1.43. The zero-order valence-corrected chi connectivity index (χ0v) is 9.61. The van der Waals surface area contributed by atoms with Gasteiger partial charge in [-0.1, -0.05) is 0 Å². The van der Waals surface area contributed by atoms with Crippen molar-refractivity contribution < 1.29 is 18.7 Å². The van der Waals surface area contributed by atoms with E-state index >= 15 is 0 Å². The molecule has 4 heteroatoms. The van der Waals surface area contributed by atoms with E-state index in [9.17, 15) is 9.50 Å². The summed E-state index contributed by atoms with van der Waals surface area (Å²) < 4.78 is 23.7. The van der Waals surface area contributed by atoms with Crippen LogP contribution in [0.3, 0.4) is 0 Å². The Morgan fingerprint density at radius 3 is 2.65 bits per heavy atom. The van der Waals surface area contributed by atoms with Gasteiger partial charge in [-0.2, -0.15) is 0 Å². The summed E-state index contributed by atoms with van der Waals surface area (Å²) in [5.41, 5.74) is -0.745. The van der Waals surface area contributed by atoms with Gasteiger partial charge in [0.15, 0.2) is 0 Å². The van der Waals surface area contributed by atoms with Crippen molar-refractivity contribution in [3.8, 4) is 5.75 Å². The van der Waals surface area contributed by atoms with Gasteiger partial charge >= 0.3 is 0 Å². The molecule has 1 atom stereocenters. The Kier molecular flexibility index (Phi) is 2.90. The molecule has 3 nitrogen and oxygen atoms in total. The quantitative estimate of drug-likeness (QED) is 0.890. The highest BCUT2D eigenvalue weighted by Gasteiger charge is 2.29. The molecule has 0 aliphatic heterocycles. The molecule has 0 amide bonds. The molecule has 90 valence electrons. The zero-order valence-electron chi connectivity index (χ0n) is 9.61. The van der Waals surface area contributed by atoms with Gasteiger partial charge in [0.05, 0.1) is 19.6 Å². The van der Waals surface area contributed by atoms with E-state index in [4.69, 9.17) is 9.15 Å². The molecule has 1 N–H and O–H groups in total. The summed E-state index contributed by atoms with van der Waals surface area (Å²) in [4.78, 5) is 0. The Morgan fingerprint density at radius 2 is 2.12 bits per heavy atom. The van der Waals surface area contributed by atoms with Crippen molar-refractivity contribution in [1.29, 1.82) is 0 Å². The van der Waals surface area contributed by atoms with Crippen LogP contribution in [0.4, 0.5) is 4.39 Å². The minimum Gasteiger partial charge on any atom is -0.497 e. The Morgan fingerprint density at radius 1 is 1.35 bits per heavy atom. The van der Waals surface area contributed by atoms with E-state index in [1.54, 1.807) is 12.1 Å². The van der Waals surface area contributed by atoms with Gasteiger partial charge in [-0.15, -0.1) is 0 Å². The van der Waals surface area contributed by atoms with Crippen LogP contribution in [0.25, 0.3) is 0 Å². The minimum absolute atomic E-state index is 0.180. The summed E-state index contributed by atoms with van der Waals surface area (Å²) in [5, 5.41) is 10.3. The number of furan rings is 1. The smallest absolute Gasteiger partial charge is 0.133 e. The summed E-state index contributed by atoms with van der Waals surface area (Å²) in [6, 6.07) is 5.95. The van der Waals surface area contributed by atoms with E-state index in [-0.39, 0.29) is 5.56 Å². The van der Waals surface area contributed by atoms with Crippen LogP contribution < -0.4 is 4.74 Å². The van der Waals surface area contributed by atoms with Crippen LogP contribution in [0.15, 0.2) is 41.2 Å². The SMILES string of the molecule is COc1ccc(C(C)(O)c2ccoc2)c(F)c1. The van der Waals surface area contributed by atoms with Gasteiger partial charge in [0.25, 0.3) is 0 Å². The third-order valence-electron chi connectivity index (χ3n) is 2.78. The molecule has 2 aromatic rings. The number of benzene rings is 1. The Hall–Kier alpha value is -1.81. The largest absolute Gasteiger partial charge is 0.497 e. The normalized spacial score (nSPS) is 14.4. The van der Waals surface area contributed by atoms with Crippen molar-refractivity contribution >= 4 is 0 Å². The third-order valence-corrected chi connectivity index (χ3v) is 2.78. The second kappa shape index (κ2) is 4.22. The van der Waals surface area contributed by atoms with Gasteiger partial charge in [0.1, 0.15) is 17.2 Å². The summed E-state index contributed by atoms with van der Waals surface area (Å²) in [6.07, 6.45) is 2.83. The number of aliphatic hydroxyl groups is 1. The highest BCUT2D eigenvalue weighted by molar-refractivity contribution is 5.37. The van der Waals surface area contributed by atoms with Crippen molar-refractivity contribution in [1.82, 2.24) is 0 Å². The lowest BCUT2D eigenvalue weighted by molar-refractivity contribution is 0.0971. The molecule has 17 heavy (non-hydrogen) atoms. The maximum Gasteiger partial charge on any atom is 0.133 e. The molecule has 0 spiro atoms. The highest BCUT2D eigenvalue weighted by atomic mass is 19.1. The first-order valence-corrected chi connectivity index (χ1v) is 5.15. The number of halogens is 1. The fourth-order valence-corrected chi connectivity index (χ4v) is 1.71. The first-order valence-electron chi connectivity index (χ1n) is 5.15. The van der Waals surface area contributed by atoms with Gasteiger partial charge in [0, 0.05) is 17.2 Å². The number of methoxy groups -OCH3 is 1. The van der Waals surface area contributed by atoms with Crippen molar-refractivity contribution in [3.63, 3.8) is 0 Å². The van der Waals surface area contributed by atoms with Crippen molar-refractivity contribution in [2.75, 3.05) is 7.11 Å². The van der Waals surface area contributed by atoms with E-state index in [2.05, 4.69) is 0 Å². The molecule has 0 radical (unpaired) electrons. The van der Waals surface area contributed by atoms with Crippen LogP contribution in [0, 0.1) is 5.82 Å². The Balaban J connectivity index is 2.46. The Labute approximate surface area is 98.5 Å². The highest BCUT2D eigenvalue weighted by Crippen LogP contribution is 2.32. The summed E-state index contributed by atoms with van der Waals surface area (Å²) >= 11 is 0. The van der Waals surface area contributed by atoms with E-state index in [1.807, 2.05) is 0 Å². The molecule has 0 bridgehead atoms. The molecule has 0 aliphatic carbocycles. The number of ether oxygens (including phenoxy) is 1. The average Bonchev–Trinajstić information content (AvgIpc) is 2.82. The lowest BCUT2D eigenvalue weighted by Crippen LogP contribution is -2.23. The van der Waals surface area contributed by atoms with Crippen molar-refractivity contribution in [2.45, 2.75) is 12.5 Å². The summed E-state index contributed by atoms with van der Waals surface area (Å²) in [6.45, 7) is 1.52. The maximum atomic E-state index is 13.9. The predicted molar refractivity (Wildman–Crippen MR) is 60.3 cm³/mol. The average molecular weight is 236 g/mol. The molecule has 0 fully saturated rings. The van der Waals surface area contributed by atoms with E-state index in [0.717, 1.165) is 0 Å². The summed E-state index contributed by atoms with van der Waals surface area (Å²) in [5.74, 6) is -0.107.